The van der Waals surface area contributed by atoms with E-state index in [1.165, 1.54) is 6.42 Å². The Labute approximate surface area is 123 Å². The molecule has 8 heteroatoms. The highest BCUT2D eigenvalue weighted by molar-refractivity contribution is 6.27. The largest absolute Gasteiger partial charge is 0.473 e. The van der Waals surface area contributed by atoms with E-state index in [0.29, 0.717) is 0 Å². The van der Waals surface area contributed by atoms with Crippen LogP contribution in [0, 0.1) is 0 Å². The van der Waals surface area contributed by atoms with E-state index in [-0.39, 0.29) is 12.1 Å². The summed E-state index contributed by atoms with van der Waals surface area (Å²) in [6.07, 6.45) is 3.07. The molecule has 4 N–H and O–H groups in total. The molecule has 1 aliphatic rings. The zero-order valence-electron chi connectivity index (χ0n) is 12.6. The molecule has 1 atom stereocenters. The van der Waals surface area contributed by atoms with Crippen molar-refractivity contribution in [2.24, 2.45) is 0 Å². The highest BCUT2D eigenvalue weighted by Gasteiger charge is 2.19. The minimum absolute atomic E-state index is 0.211. The zero-order valence-corrected chi connectivity index (χ0v) is 12.6. The Morgan fingerprint density at radius 2 is 1.71 bits per heavy atom. The molecule has 0 aromatic rings. The number of hydrogen-bond acceptors (Lipinski definition) is 5. The van der Waals surface area contributed by atoms with Crippen molar-refractivity contribution in [1.29, 1.82) is 0 Å². The minimum Gasteiger partial charge on any atom is -0.473 e. The number of aliphatic carboxylic acids is 2. The number of ether oxygens (including phenoxy) is 1. The molecule has 1 rings (SSSR count). The first-order chi connectivity index (χ1) is 9.61. The molecule has 0 aromatic heterocycles. The van der Waals surface area contributed by atoms with Crippen LogP contribution in [-0.2, 0) is 14.3 Å². The highest BCUT2D eigenvalue weighted by Crippen LogP contribution is 2.08. The Hall–Kier alpha value is -1.83. The van der Waals surface area contributed by atoms with Crippen LogP contribution in [-0.4, -0.2) is 53.0 Å². The number of carbonyl (C=O) groups is 3. The Morgan fingerprint density at radius 1 is 1.14 bits per heavy atom. The van der Waals surface area contributed by atoms with Crippen LogP contribution in [0.3, 0.4) is 0 Å². The lowest BCUT2D eigenvalue weighted by atomic mass is 10.1. The predicted octanol–water partition coefficient (Wildman–Crippen LogP) is 0.809. The molecule has 1 fully saturated rings. The number of carboxylic acid groups (broad SMARTS) is 2. The fraction of sp³-hybridized carbons (Fsp3) is 0.769. The molecule has 0 aliphatic carbocycles. The van der Waals surface area contributed by atoms with Crippen molar-refractivity contribution < 1.29 is 29.3 Å². The first-order valence-electron chi connectivity index (χ1n) is 6.78. The van der Waals surface area contributed by atoms with E-state index < -0.39 is 17.5 Å². The van der Waals surface area contributed by atoms with E-state index in [4.69, 9.17) is 24.5 Å². The van der Waals surface area contributed by atoms with Gasteiger partial charge in [0.2, 0.25) is 0 Å². The van der Waals surface area contributed by atoms with Crippen molar-refractivity contribution in [1.82, 2.24) is 10.6 Å². The van der Waals surface area contributed by atoms with E-state index in [1.807, 2.05) is 20.8 Å². The highest BCUT2D eigenvalue weighted by atomic mass is 16.6. The minimum atomic E-state index is -1.82. The molecule has 1 aliphatic heterocycles. The van der Waals surface area contributed by atoms with Crippen LogP contribution < -0.4 is 10.6 Å². The van der Waals surface area contributed by atoms with Crippen molar-refractivity contribution in [3.63, 3.8) is 0 Å². The van der Waals surface area contributed by atoms with E-state index in [9.17, 15) is 4.79 Å². The second-order valence-corrected chi connectivity index (χ2v) is 5.65. The van der Waals surface area contributed by atoms with Gasteiger partial charge in [0.05, 0.1) is 0 Å². The van der Waals surface area contributed by atoms with Crippen molar-refractivity contribution in [3.8, 4) is 0 Å². The number of amides is 1. The second-order valence-electron chi connectivity index (χ2n) is 5.65. The fourth-order valence-electron chi connectivity index (χ4n) is 1.62. The van der Waals surface area contributed by atoms with Crippen LogP contribution in [0.4, 0.5) is 4.79 Å². The first kappa shape index (κ1) is 19.2. The Kier molecular flexibility index (Phi) is 8.37. The fourth-order valence-corrected chi connectivity index (χ4v) is 1.62. The van der Waals surface area contributed by atoms with Gasteiger partial charge >= 0.3 is 18.0 Å². The Morgan fingerprint density at radius 3 is 2.19 bits per heavy atom. The van der Waals surface area contributed by atoms with Crippen LogP contribution in [0.2, 0.25) is 0 Å². The van der Waals surface area contributed by atoms with E-state index in [0.717, 1.165) is 25.9 Å². The quantitative estimate of drug-likeness (QED) is 0.528. The molecule has 0 spiro atoms. The third-order valence-electron chi connectivity index (χ3n) is 2.45. The molecule has 0 bridgehead atoms. The molecule has 8 nitrogen and oxygen atoms in total. The zero-order chi connectivity index (χ0) is 16.5. The van der Waals surface area contributed by atoms with Crippen molar-refractivity contribution in [3.05, 3.63) is 0 Å². The summed E-state index contributed by atoms with van der Waals surface area (Å²) in [7, 11) is 0. The molecule has 1 heterocycles. The van der Waals surface area contributed by atoms with Gasteiger partial charge in [0, 0.05) is 12.6 Å². The van der Waals surface area contributed by atoms with Gasteiger partial charge in [-0.15, -0.1) is 0 Å². The van der Waals surface area contributed by atoms with Gasteiger partial charge in [-0.2, -0.15) is 0 Å². The Balaban J connectivity index is 0.000000567. The Bertz CT molecular complexity index is 344. The monoisotopic (exact) mass is 304 g/mol. The molecule has 0 aromatic carbocycles. The van der Waals surface area contributed by atoms with Gasteiger partial charge in [-0.1, -0.05) is 6.42 Å². The molecular weight excluding hydrogens is 280 g/mol. The van der Waals surface area contributed by atoms with Gasteiger partial charge in [0.1, 0.15) is 5.60 Å². The smallest absolute Gasteiger partial charge is 0.414 e. The molecule has 21 heavy (non-hydrogen) atoms. The van der Waals surface area contributed by atoms with Gasteiger partial charge in [-0.3, -0.25) is 0 Å². The van der Waals surface area contributed by atoms with E-state index in [2.05, 4.69) is 10.6 Å². The number of carbonyl (C=O) groups excluding carboxylic acids is 1. The second kappa shape index (κ2) is 9.17. The summed E-state index contributed by atoms with van der Waals surface area (Å²) in [4.78, 5) is 29.7. The van der Waals surface area contributed by atoms with E-state index in [1.54, 1.807) is 0 Å². The lowest BCUT2D eigenvalue weighted by molar-refractivity contribution is -0.159. The predicted molar refractivity (Wildman–Crippen MR) is 75.2 cm³/mol. The molecule has 122 valence electrons. The van der Waals surface area contributed by atoms with Crippen LogP contribution in [0.5, 0.6) is 0 Å². The normalized spacial score (nSPS) is 18.5. The summed E-state index contributed by atoms with van der Waals surface area (Å²) in [5.74, 6) is -3.65. The van der Waals surface area contributed by atoms with Crippen LogP contribution in [0.15, 0.2) is 0 Å². The van der Waals surface area contributed by atoms with Crippen molar-refractivity contribution in [2.45, 2.75) is 51.7 Å². The molecule has 0 saturated carbocycles. The molecular formula is C13H24N2O6. The van der Waals surface area contributed by atoms with E-state index >= 15 is 0 Å². The maximum Gasteiger partial charge on any atom is 0.414 e. The maximum atomic E-state index is 11.5. The van der Waals surface area contributed by atoms with Crippen LogP contribution in [0.1, 0.15) is 40.0 Å². The van der Waals surface area contributed by atoms with Gasteiger partial charge in [-0.25, -0.2) is 14.4 Å². The summed E-state index contributed by atoms with van der Waals surface area (Å²) in [6.45, 7) is 7.51. The molecule has 0 unspecified atom stereocenters. The number of hydrogen-bond donors (Lipinski definition) is 4. The molecule has 1 saturated heterocycles. The van der Waals surface area contributed by atoms with Crippen LogP contribution in [0.25, 0.3) is 0 Å². The number of alkyl carbamates (subject to hydrolysis) is 1. The van der Waals surface area contributed by atoms with Gasteiger partial charge in [0.15, 0.2) is 0 Å². The number of nitrogens with one attached hydrogen (secondary N) is 2. The summed E-state index contributed by atoms with van der Waals surface area (Å²) in [6, 6.07) is 0.211. The lowest BCUT2D eigenvalue weighted by Crippen LogP contribution is -2.43. The van der Waals surface area contributed by atoms with Gasteiger partial charge in [0.25, 0.3) is 0 Å². The summed E-state index contributed by atoms with van der Waals surface area (Å²) < 4.78 is 5.20. The average Bonchev–Trinajstić information content (AvgIpc) is 2.55. The topological polar surface area (TPSA) is 125 Å². The SMILES string of the molecule is CC(C)(C)OC(=O)N[C@H]1CCCCNC1.O=C(O)C(=O)O. The number of carboxylic acids is 2. The maximum absolute atomic E-state index is 11.5. The molecule has 1 amide bonds. The summed E-state index contributed by atoms with van der Waals surface area (Å²) >= 11 is 0. The summed E-state index contributed by atoms with van der Waals surface area (Å²) in [5.41, 5.74) is -0.414. The third kappa shape index (κ3) is 11.7. The average molecular weight is 304 g/mol. The molecule has 0 radical (unpaired) electrons. The first-order valence-corrected chi connectivity index (χ1v) is 6.78. The van der Waals surface area contributed by atoms with Gasteiger partial charge in [-0.05, 0) is 40.2 Å². The lowest BCUT2D eigenvalue weighted by Gasteiger charge is -2.22. The standard InChI is InChI=1S/C11H22N2O2.C2H2O4/c1-11(2,3)15-10(14)13-9-6-4-5-7-12-8-9;3-1(4)2(5)6/h9,12H,4-8H2,1-3H3,(H,13,14);(H,3,4)(H,5,6)/t9-;/m0./s1. The summed E-state index contributed by atoms with van der Waals surface area (Å²) in [5, 5.41) is 21.0. The number of rotatable bonds is 1. The van der Waals surface area contributed by atoms with Crippen molar-refractivity contribution in [2.75, 3.05) is 13.1 Å². The van der Waals surface area contributed by atoms with Crippen molar-refractivity contribution >= 4 is 18.0 Å². The van der Waals surface area contributed by atoms with Crippen LogP contribution >= 0.6 is 0 Å². The third-order valence-corrected chi connectivity index (χ3v) is 2.45. The van der Waals surface area contributed by atoms with Gasteiger partial charge < -0.3 is 25.6 Å².